The molecular formula is C21H19N3O5. The van der Waals surface area contributed by atoms with E-state index in [4.69, 9.17) is 9.47 Å². The largest absolute Gasteiger partial charge is 0.496 e. The number of carbonyl (C=O) groups excluding carboxylic acids is 1. The number of aromatic nitrogens is 2. The number of para-hydroxylation sites is 1. The summed E-state index contributed by atoms with van der Waals surface area (Å²) in [5.74, 6) is -0.588. The highest BCUT2D eigenvalue weighted by Gasteiger charge is 2.19. The lowest BCUT2D eigenvalue weighted by Crippen LogP contribution is -2.06. The van der Waals surface area contributed by atoms with Gasteiger partial charge in [-0.3, -0.25) is 10.1 Å². The summed E-state index contributed by atoms with van der Waals surface area (Å²) in [6.07, 6.45) is 2.81. The number of aryl methyl sites for hydroxylation is 1. The number of hydrogen-bond acceptors (Lipinski definition) is 6. The summed E-state index contributed by atoms with van der Waals surface area (Å²) in [6.45, 7) is 3.73. The minimum Gasteiger partial charge on any atom is -0.496 e. The molecule has 2 aromatic carbocycles. The van der Waals surface area contributed by atoms with Crippen molar-refractivity contribution in [2.75, 3.05) is 7.11 Å². The van der Waals surface area contributed by atoms with Gasteiger partial charge in [0, 0.05) is 17.3 Å². The molecule has 3 rings (SSSR count). The van der Waals surface area contributed by atoms with Crippen LogP contribution >= 0.6 is 0 Å². The van der Waals surface area contributed by atoms with Crippen molar-refractivity contribution < 1.29 is 19.2 Å². The highest BCUT2D eigenvalue weighted by molar-refractivity contribution is 5.89. The number of hydrogen-bond donors (Lipinski definition) is 0. The summed E-state index contributed by atoms with van der Waals surface area (Å²) in [5.41, 5.74) is 2.92. The normalized spacial score (nSPS) is 10.9. The Labute approximate surface area is 167 Å². The zero-order chi connectivity index (χ0) is 21.0. The number of nitrogens with zero attached hydrogens (tertiary/aromatic N) is 3. The number of carbonyl (C=O) groups is 1. The SMILES string of the molecule is COc1ccc(OC(=O)C=Cc2c(C)nn(-c3ccccc3)c2C)c([N+](=O)[O-])c1. The summed E-state index contributed by atoms with van der Waals surface area (Å²) in [7, 11) is 1.40. The Balaban J connectivity index is 1.82. The van der Waals surface area contributed by atoms with Crippen LogP contribution in [-0.2, 0) is 4.79 Å². The van der Waals surface area contributed by atoms with Gasteiger partial charge in [-0.2, -0.15) is 5.10 Å². The first kappa shape index (κ1) is 19.8. The van der Waals surface area contributed by atoms with E-state index >= 15 is 0 Å². The molecule has 0 N–H and O–H groups in total. The molecule has 0 radical (unpaired) electrons. The van der Waals surface area contributed by atoms with E-state index in [9.17, 15) is 14.9 Å². The fraction of sp³-hybridized carbons (Fsp3) is 0.143. The maximum atomic E-state index is 12.2. The lowest BCUT2D eigenvalue weighted by Gasteiger charge is -2.05. The van der Waals surface area contributed by atoms with Gasteiger partial charge in [-0.1, -0.05) is 18.2 Å². The van der Waals surface area contributed by atoms with Crippen molar-refractivity contribution in [2.45, 2.75) is 13.8 Å². The van der Waals surface area contributed by atoms with Gasteiger partial charge in [0.15, 0.2) is 0 Å². The van der Waals surface area contributed by atoms with Crippen LogP contribution in [-0.4, -0.2) is 27.8 Å². The number of nitro groups is 1. The summed E-state index contributed by atoms with van der Waals surface area (Å²) >= 11 is 0. The van der Waals surface area contributed by atoms with E-state index in [0.29, 0.717) is 5.75 Å². The lowest BCUT2D eigenvalue weighted by molar-refractivity contribution is -0.385. The van der Waals surface area contributed by atoms with Crippen LogP contribution in [0.2, 0.25) is 0 Å². The van der Waals surface area contributed by atoms with Crippen molar-refractivity contribution in [3.05, 3.63) is 81.7 Å². The number of benzene rings is 2. The molecule has 0 aliphatic carbocycles. The van der Waals surface area contributed by atoms with Crippen LogP contribution in [0.5, 0.6) is 11.5 Å². The first-order chi connectivity index (χ1) is 13.9. The number of esters is 1. The molecule has 0 bridgehead atoms. The Morgan fingerprint density at radius 3 is 2.55 bits per heavy atom. The first-order valence-electron chi connectivity index (χ1n) is 8.74. The number of ether oxygens (including phenoxy) is 2. The minimum absolute atomic E-state index is 0.154. The van der Waals surface area contributed by atoms with E-state index in [1.165, 1.54) is 31.4 Å². The van der Waals surface area contributed by atoms with Crippen molar-refractivity contribution in [1.29, 1.82) is 0 Å². The fourth-order valence-corrected chi connectivity index (χ4v) is 2.86. The maximum Gasteiger partial charge on any atom is 0.336 e. The molecule has 8 heteroatoms. The molecule has 0 aliphatic heterocycles. The van der Waals surface area contributed by atoms with Crippen molar-refractivity contribution >= 4 is 17.7 Å². The topological polar surface area (TPSA) is 96.5 Å². The molecule has 1 aromatic heterocycles. The summed E-state index contributed by atoms with van der Waals surface area (Å²) < 4.78 is 11.9. The monoisotopic (exact) mass is 393 g/mol. The highest BCUT2D eigenvalue weighted by Crippen LogP contribution is 2.31. The van der Waals surface area contributed by atoms with Gasteiger partial charge >= 0.3 is 11.7 Å². The van der Waals surface area contributed by atoms with Gasteiger partial charge in [0.1, 0.15) is 5.75 Å². The molecular weight excluding hydrogens is 374 g/mol. The Bertz CT molecular complexity index is 1090. The molecule has 0 amide bonds. The summed E-state index contributed by atoms with van der Waals surface area (Å²) in [5, 5.41) is 15.7. The quantitative estimate of drug-likeness (QED) is 0.206. The second-order valence-electron chi connectivity index (χ2n) is 6.18. The van der Waals surface area contributed by atoms with Crippen LogP contribution in [0.4, 0.5) is 5.69 Å². The smallest absolute Gasteiger partial charge is 0.336 e. The second kappa shape index (κ2) is 8.39. The molecule has 8 nitrogen and oxygen atoms in total. The number of nitro benzene ring substituents is 1. The highest BCUT2D eigenvalue weighted by atomic mass is 16.6. The average Bonchev–Trinajstić information content (AvgIpc) is 3.00. The van der Waals surface area contributed by atoms with Gasteiger partial charge in [0.25, 0.3) is 0 Å². The molecule has 0 saturated carbocycles. The standard InChI is InChI=1S/C21H19N3O5/c1-14-18(15(2)23(22-14)16-7-5-4-6-8-16)10-12-21(25)29-20-11-9-17(28-3)13-19(20)24(26)27/h4-13H,1-3H3. The molecule has 0 saturated heterocycles. The molecule has 1 heterocycles. The Morgan fingerprint density at radius 2 is 1.90 bits per heavy atom. The maximum absolute atomic E-state index is 12.2. The van der Waals surface area contributed by atoms with Crippen LogP contribution in [0.1, 0.15) is 17.0 Å². The van der Waals surface area contributed by atoms with Crippen LogP contribution in [0, 0.1) is 24.0 Å². The van der Waals surface area contributed by atoms with Crippen LogP contribution in [0.15, 0.2) is 54.6 Å². The average molecular weight is 393 g/mol. The molecule has 0 spiro atoms. The molecule has 0 fully saturated rings. The molecule has 148 valence electrons. The number of methoxy groups -OCH3 is 1. The van der Waals surface area contributed by atoms with Crippen molar-refractivity contribution in [1.82, 2.24) is 9.78 Å². The van der Waals surface area contributed by atoms with Gasteiger partial charge in [-0.15, -0.1) is 0 Å². The Morgan fingerprint density at radius 1 is 1.17 bits per heavy atom. The van der Waals surface area contributed by atoms with E-state index in [-0.39, 0.29) is 11.4 Å². The van der Waals surface area contributed by atoms with E-state index in [1.807, 2.05) is 44.2 Å². The van der Waals surface area contributed by atoms with Gasteiger partial charge < -0.3 is 9.47 Å². The van der Waals surface area contributed by atoms with E-state index in [1.54, 1.807) is 10.8 Å². The van der Waals surface area contributed by atoms with E-state index < -0.39 is 10.9 Å². The molecule has 0 atom stereocenters. The molecule has 0 aliphatic rings. The summed E-state index contributed by atoms with van der Waals surface area (Å²) in [4.78, 5) is 22.8. The van der Waals surface area contributed by atoms with Gasteiger partial charge in [-0.25, -0.2) is 9.48 Å². The third-order valence-electron chi connectivity index (χ3n) is 4.31. The number of rotatable bonds is 6. The zero-order valence-corrected chi connectivity index (χ0v) is 16.2. The second-order valence-corrected chi connectivity index (χ2v) is 6.18. The molecule has 29 heavy (non-hydrogen) atoms. The minimum atomic E-state index is -0.732. The van der Waals surface area contributed by atoms with Gasteiger partial charge in [0.2, 0.25) is 5.75 Å². The van der Waals surface area contributed by atoms with Crippen LogP contribution < -0.4 is 9.47 Å². The predicted molar refractivity (Wildman–Crippen MR) is 107 cm³/mol. The molecule has 3 aromatic rings. The van der Waals surface area contributed by atoms with E-state index in [2.05, 4.69) is 5.10 Å². The fourth-order valence-electron chi connectivity index (χ4n) is 2.86. The van der Waals surface area contributed by atoms with E-state index in [0.717, 1.165) is 22.6 Å². The third kappa shape index (κ3) is 4.32. The Hall–Kier alpha value is -3.94. The third-order valence-corrected chi connectivity index (χ3v) is 4.31. The van der Waals surface area contributed by atoms with Crippen molar-refractivity contribution in [3.8, 4) is 17.2 Å². The lowest BCUT2D eigenvalue weighted by atomic mass is 10.2. The first-order valence-corrected chi connectivity index (χ1v) is 8.74. The van der Waals surface area contributed by atoms with Crippen LogP contribution in [0.3, 0.4) is 0 Å². The zero-order valence-electron chi connectivity index (χ0n) is 16.2. The molecule has 0 unspecified atom stereocenters. The van der Waals surface area contributed by atoms with Crippen molar-refractivity contribution in [2.24, 2.45) is 0 Å². The van der Waals surface area contributed by atoms with Gasteiger partial charge in [0.05, 0.1) is 29.5 Å². The predicted octanol–water partition coefficient (Wildman–Crippen LogP) is 4.02. The van der Waals surface area contributed by atoms with Crippen molar-refractivity contribution in [3.63, 3.8) is 0 Å². The van der Waals surface area contributed by atoms with Crippen LogP contribution in [0.25, 0.3) is 11.8 Å². The van der Waals surface area contributed by atoms with Gasteiger partial charge in [-0.05, 0) is 44.2 Å². The summed E-state index contributed by atoms with van der Waals surface area (Å²) in [6, 6.07) is 13.6. The Kier molecular flexibility index (Phi) is 5.73.